The van der Waals surface area contributed by atoms with Crippen LogP contribution in [-0.4, -0.2) is 24.3 Å². The molecule has 0 spiro atoms. The molecule has 1 aromatic carbocycles. The van der Waals surface area contributed by atoms with E-state index in [1.807, 2.05) is 0 Å². The molecule has 2 aliphatic rings. The zero-order valence-electron chi connectivity index (χ0n) is 10.8. The lowest BCUT2D eigenvalue weighted by molar-refractivity contribution is -0.128. The third-order valence-electron chi connectivity index (χ3n) is 3.67. The van der Waals surface area contributed by atoms with E-state index in [-0.39, 0.29) is 11.8 Å². The summed E-state index contributed by atoms with van der Waals surface area (Å²) in [7, 11) is 0. The van der Waals surface area contributed by atoms with Gasteiger partial charge in [0, 0.05) is 12.1 Å². The van der Waals surface area contributed by atoms with Gasteiger partial charge in [0.1, 0.15) is 0 Å². The SMILES string of the molecule is Cc1cc(C)c(C2=NOC3C(=O)NCC23)c(C)c1. The Morgan fingerprint density at radius 2 is 1.94 bits per heavy atom. The van der Waals surface area contributed by atoms with Gasteiger partial charge in [-0.25, -0.2) is 0 Å². The number of nitrogens with one attached hydrogen (secondary N) is 1. The molecule has 2 unspecified atom stereocenters. The van der Waals surface area contributed by atoms with Crippen LogP contribution in [-0.2, 0) is 9.63 Å². The fourth-order valence-corrected chi connectivity index (χ4v) is 2.96. The van der Waals surface area contributed by atoms with Gasteiger partial charge >= 0.3 is 0 Å². The monoisotopic (exact) mass is 244 g/mol. The second-order valence-electron chi connectivity index (χ2n) is 5.13. The molecule has 0 bridgehead atoms. The number of hydrogen-bond donors (Lipinski definition) is 1. The van der Waals surface area contributed by atoms with E-state index in [0.717, 1.165) is 11.3 Å². The second-order valence-corrected chi connectivity index (χ2v) is 5.13. The van der Waals surface area contributed by atoms with Gasteiger partial charge in [-0.15, -0.1) is 0 Å². The molecule has 4 nitrogen and oxygen atoms in total. The molecular weight excluding hydrogens is 228 g/mol. The van der Waals surface area contributed by atoms with Crippen molar-refractivity contribution in [2.75, 3.05) is 6.54 Å². The highest BCUT2D eigenvalue weighted by Crippen LogP contribution is 2.30. The molecule has 0 saturated carbocycles. The van der Waals surface area contributed by atoms with Crippen molar-refractivity contribution in [2.45, 2.75) is 26.9 Å². The predicted molar refractivity (Wildman–Crippen MR) is 68.6 cm³/mol. The second kappa shape index (κ2) is 3.83. The fraction of sp³-hybridized carbons (Fsp3) is 0.429. The van der Waals surface area contributed by atoms with Crippen molar-refractivity contribution < 1.29 is 9.63 Å². The molecule has 1 aromatic rings. The van der Waals surface area contributed by atoms with E-state index in [1.165, 1.54) is 16.7 Å². The summed E-state index contributed by atoms with van der Waals surface area (Å²) in [5, 5.41) is 6.97. The van der Waals surface area contributed by atoms with Gasteiger partial charge in [-0.2, -0.15) is 0 Å². The van der Waals surface area contributed by atoms with Crippen LogP contribution in [0, 0.1) is 26.7 Å². The van der Waals surface area contributed by atoms with E-state index in [2.05, 4.69) is 43.4 Å². The Hall–Kier alpha value is -1.84. The van der Waals surface area contributed by atoms with Crippen molar-refractivity contribution >= 4 is 11.6 Å². The maximum Gasteiger partial charge on any atom is 0.264 e. The summed E-state index contributed by atoms with van der Waals surface area (Å²) < 4.78 is 0. The average Bonchev–Trinajstić information content (AvgIpc) is 2.82. The van der Waals surface area contributed by atoms with Gasteiger partial charge in [0.25, 0.3) is 5.91 Å². The van der Waals surface area contributed by atoms with Crippen LogP contribution in [0.1, 0.15) is 22.3 Å². The number of amides is 1. The van der Waals surface area contributed by atoms with Gasteiger partial charge in [0.2, 0.25) is 6.10 Å². The lowest BCUT2D eigenvalue weighted by atomic mass is 9.88. The Bertz CT molecular complexity index is 540. The highest BCUT2D eigenvalue weighted by molar-refractivity contribution is 6.09. The van der Waals surface area contributed by atoms with Crippen molar-refractivity contribution in [3.8, 4) is 0 Å². The summed E-state index contributed by atoms with van der Waals surface area (Å²) in [5.74, 6) is -0.00114. The van der Waals surface area contributed by atoms with Crippen LogP contribution in [0.3, 0.4) is 0 Å². The van der Waals surface area contributed by atoms with Gasteiger partial charge in [-0.3, -0.25) is 4.79 Å². The van der Waals surface area contributed by atoms with Crippen molar-refractivity contribution in [1.29, 1.82) is 0 Å². The predicted octanol–water partition coefficient (Wildman–Crippen LogP) is 1.46. The summed E-state index contributed by atoms with van der Waals surface area (Å²) >= 11 is 0. The molecule has 18 heavy (non-hydrogen) atoms. The number of hydrogen-bond acceptors (Lipinski definition) is 3. The van der Waals surface area contributed by atoms with E-state index in [9.17, 15) is 4.79 Å². The van der Waals surface area contributed by atoms with Gasteiger partial charge in [-0.1, -0.05) is 22.9 Å². The van der Waals surface area contributed by atoms with Crippen molar-refractivity contribution in [2.24, 2.45) is 11.1 Å². The molecular formula is C14H16N2O2. The number of oxime groups is 1. The van der Waals surface area contributed by atoms with Gasteiger partial charge < -0.3 is 10.2 Å². The number of fused-ring (bicyclic) bond motifs is 1. The van der Waals surface area contributed by atoms with E-state index in [4.69, 9.17) is 4.84 Å². The molecule has 3 rings (SSSR count). The molecule has 1 fully saturated rings. The Labute approximate surface area is 106 Å². The normalized spacial score (nSPS) is 25.5. The third kappa shape index (κ3) is 1.52. The average molecular weight is 244 g/mol. The topological polar surface area (TPSA) is 50.7 Å². The van der Waals surface area contributed by atoms with Crippen molar-refractivity contribution in [3.63, 3.8) is 0 Å². The summed E-state index contributed by atoms with van der Waals surface area (Å²) in [4.78, 5) is 16.8. The first-order valence-corrected chi connectivity index (χ1v) is 6.17. The van der Waals surface area contributed by atoms with Crippen molar-refractivity contribution in [3.05, 3.63) is 34.4 Å². The summed E-state index contributed by atoms with van der Waals surface area (Å²) in [6.07, 6.45) is -0.430. The maximum absolute atomic E-state index is 11.5. The molecule has 0 aromatic heterocycles. The first kappa shape index (κ1) is 11.3. The van der Waals surface area contributed by atoms with E-state index >= 15 is 0 Å². The Balaban J connectivity index is 2.05. The maximum atomic E-state index is 11.5. The van der Waals surface area contributed by atoms with Crippen LogP contribution >= 0.6 is 0 Å². The van der Waals surface area contributed by atoms with Crippen molar-refractivity contribution in [1.82, 2.24) is 5.32 Å². The van der Waals surface area contributed by atoms with Crippen LogP contribution in [0.25, 0.3) is 0 Å². The fourth-order valence-electron chi connectivity index (χ4n) is 2.96. The molecule has 2 aliphatic heterocycles. The molecule has 2 atom stereocenters. The summed E-state index contributed by atoms with van der Waals surface area (Å²) in [5.41, 5.74) is 5.66. The van der Waals surface area contributed by atoms with Crippen LogP contribution in [0.2, 0.25) is 0 Å². The van der Waals surface area contributed by atoms with Gasteiger partial charge in [-0.05, 0) is 31.9 Å². The molecule has 0 radical (unpaired) electrons. The Morgan fingerprint density at radius 3 is 2.61 bits per heavy atom. The Morgan fingerprint density at radius 1 is 1.28 bits per heavy atom. The van der Waals surface area contributed by atoms with Gasteiger partial charge in [0.15, 0.2) is 0 Å². The van der Waals surface area contributed by atoms with E-state index < -0.39 is 6.10 Å². The zero-order valence-corrected chi connectivity index (χ0v) is 10.8. The number of rotatable bonds is 1. The first-order chi connectivity index (χ1) is 8.58. The quantitative estimate of drug-likeness (QED) is 0.813. The number of aryl methyl sites for hydroxylation is 3. The van der Waals surface area contributed by atoms with E-state index in [1.54, 1.807) is 0 Å². The highest BCUT2D eigenvalue weighted by Gasteiger charge is 2.45. The van der Waals surface area contributed by atoms with Crippen LogP contribution in [0.15, 0.2) is 17.3 Å². The van der Waals surface area contributed by atoms with E-state index in [0.29, 0.717) is 6.54 Å². The minimum atomic E-state index is -0.430. The smallest absolute Gasteiger partial charge is 0.264 e. The minimum Gasteiger partial charge on any atom is -0.381 e. The summed E-state index contributed by atoms with van der Waals surface area (Å²) in [6, 6.07) is 4.28. The number of nitrogens with zero attached hydrogens (tertiary/aromatic N) is 1. The molecule has 1 N–H and O–H groups in total. The molecule has 0 aliphatic carbocycles. The standard InChI is InChI=1S/C14H16N2O2/c1-7-4-8(2)11(9(3)5-7)12-10-6-15-14(17)13(10)18-16-12/h4-5,10,13H,6H2,1-3H3,(H,15,17). The molecule has 1 amide bonds. The lowest BCUT2D eigenvalue weighted by Crippen LogP contribution is -2.26. The van der Waals surface area contributed by atoms with Crippen LogP contribution in [0.4, 0.5) is 0 Å². The molecule has 2 heterocycles. The number of carbonyl (C=O) groups is 1. The first-order valence-electron chi connectivity index (χ1n) is 6.17. The molecule has 1 saturated heterocycles. The largest absolute Gasteiger partial charge is 0.381 e. The van der Waals surface area contributed by atoms with Crippen LogP contribution in [0.5, 0.6) is 0 Å². The number of benzene rings is 1. The third-order valence-corrected chi connectivity index (χ3v) is 3.67. The molecule has 94 valence electrons. The zero-order chi connectivity index (χ0) is 12.9. The Kier molecular flexibility index (Phi) is 2.40. The molecule has 4 heteroatoms. The van der Waals surface area contributed by atoms with Gasteiger partial charge in [0.05, 0.1) is 11.6 Å². The van der Waals surface area contributed by atoms with Crippen LogP contribution < -0.4 is 5.32 Å². The lowest BCUT2D eigenvalue weighted by Gasteiger charge is -2.13. The highest BCUT2D eigenvalue weighted by atomic mass is 16.6. The minimum absolute atomic E-state index is 0.0533. The summed E-state index contributed by atoms with van der Waals surface area (Å²) in [6.45, 7) is 6.86. The number of carbonyl (C=O) groups excluding carboxylic acids is 1.